The first-order valence-electron chi connectivity index (χ1n) is 2.02. The van der Waals surface area contributed by atoms with E-state index in [1.165, 1.54) is 0 Å². The van der Waals surface area contributed by atoms with Crippen LogP contribution in [0.3, 0.4) is 0 Å². The minimum Gasteiger partial charge on any atom is -0.106 e. The van der Waals surface area contributed by atoms with Crippen molar-refractivity contribution in [3.05, 3.63) is 25.8 Å². The van der Waals surface area contributed by atoms with Crippen LogP contribution in [0.5, 0.6) is 0 Å². The molecule has 0 unspecified atom stereocenters. The third kappa shape index (κ3) is 92.9. The van der Waals surface area contributed by atoms with E-state index in [1.54, 1.807) is 0 Å². The summed E-state index contributed by atoms with van der Waals surface area (Å²) in [4.78, 5) is 0. The van der Waals surface area contributed by atoms with Crippen molar-refractivity contribution in [3.8, 4) is 0 Å². The lowest BCUT2D eigenvalue weighted by Crippen LogP contribution is -1.36. The quantitative estimate of drug-likeness (QED) is 0.429. The Hall–Kier alpha value is -0.520. The fourth-order valence-corrected chi connectivity index (χ4v) is 0. The van der Waals surface area contributed by atoms with Crippen LogP contribution in [0.2, 0.25) is 0 Å². The molecule has 0 aliphatic heterocycles. The maximum atomic E-state index is 3.48. The molecule has 0 heteroatoms. The zero-order chi connectivity index (χ0) is 5.41. The van der Waals surface area contributed by atoms with Gasteiger partial charge in [0.1, 0.15) is 0 Å². The Labute approximate surface area is 41.7 Å². The molecule has 0 aliphatic carbocycles. The van der Waals surface area contributed by atoms with Crippen molar-refractivity contribution in [2.75, 3.05) is 0 Å². The molecule has 0 N–H and O–H groups in total. The largest absolute Gasteiger partial charge is 1.00 e. The summed E-state index contributed by atoms with van der Waals surface area (Å²) in [5.74, 6) is 0. The SMILES string of the molecule is C=C.C=CCC.[H+]. The Morgan fingerprint density at radius 1 is 1.67 bits per heavy atom. The van der Waals surface area contributed by atoms with Gasteiger partial charge in [0.2, 0.25) is 0 Å². The molecule has 0 saturated carbocycles. The van der Waals surface area contributed by atoms with Crippen LogP contribution >= 0.6 is 0 Å². The molecular weight excluding hydrogens is 72.1 g/mol. The lowest BCUT2D eigenvalue weighted by Gasteiger charge is -1.57. The van der Waals surface area contributed by atoms with Crippen molar-refractivity contribution >= 4 is 0 Å². The first-order chi connectivity index (χ1) is 2.91. The normalized spacial score (nSPS) is 4.83. The minimum absolute atomic E-state index is 0. The predicted molar refractivity (Wildman–Crippen MR) is 32.9 cm³/mol. The summed E-state index contributed by atoms with van der Waals surface area (Å²) in [5, 5.41) is 0. The van der Waals surface area contributed by atoms with Crippen molar-refractivity contribution < 1.29 is 1.43 Å². The van der Waals surface area contributed by atoms with Crippen LogP contribution in [-0.4, -0.2) is 0 Å². The van der Waals surface area contributed by atoms with Crippen LogP contribution in [0.4, 0.5) is 0 Å². The van der Waals surface area contributed by atoms with Crippen molar-refractivity contribution in [2.24, 2.45) is 0 Å². The van der Waals surface area contributed by atoms with Gasteiger partial charge in [-0.3, -0.25) is 0 Å². The van der Waals surface area contributed by atoms with Gasteiger partial charge >= 0.3 is 1.43 Å². The molecule has 0 saturated heterocycles. The molecule has 0 aliphatic rings. The van der Waals surface area contributed by atoms with E-state index in [1.807, 2.05) is 6.08 Å². The Morgan fingerprint density at radius 2 is 1.83 bits per heavy atom. The number of allylic oxidation sites excluding steroid dienone is 1. The zero-order valence-corrected chi connectivity index (χ0v) is 4.41. The van der Waals surface area contributed by atoms with Crippen LogP contribution in [0.15, 0.2) is 25.8 Å². The molecule has 0 aromatic heterocycles. The molecule has 0 amide bonds. The molecule has 0 aromatic carbocycles. The fourth-order valence-electron chi connectivity index (χ4n) is 0. The Balaban J connectivity index is -0.0000000480. The first kappa shape index (κ1) is 9.08. The van der Waals surface area contributed by atoms with Crippen molar-refractivity contribution in [3.63, 3.8) is 0 Å². The molecule has 0 heterocycles. The van der Waals surface area contributed by atoms with Crippen molar-refractivity contribution in [2.45, 2.75) is 13.3 Å². The van der Waals surface area contributed by atoms with Gasteiger partial charge in [0.15, 0.2) is 0 Å². The van der Waals surface area contributed by atoms with Gasteiger partial charge in [0.05, 0.1) is 0 Å². The van der Waals surface area contributed by atoms with Gasteiger partial charge in [-0.1, -0.05) is 13.0 Å². The smallest absolute Gasteiger partial charge is 0.106 e. The molecule has 36 valence electrons. The van der Waals surface area contributed by atoms with Crippen LogP contribution < -0.4 is 0 Å². The number of rotatable bonds is 1. The highest BCUT2D eigenvalue weighted by Gasteiger charge is 1.45. The second-order valence-corrected chi connectivity index (χ2v) is 0.697. The van der Waals surface area contributed by atoms with E-state index in [9.17, 15) is 0 Å². The van der Waals surface area contributed by atoms with Gasteiger partial charge < -0.3 is 0 Å². The molecule has 0 spiro atoms. The average molecular weight is 85.2 g/mol. The predicted octanol–water partition coefficient (Wildman–Crippen LogP) is 2.50. The van der Waals surface area contributed by atoms with Crippen molar-refractivity contribution in [1.82, 2.24) is 0 Å². The Morgan fingerprint density at radius 3 is 1.83 bits per heavy atom. The summed E-state index contributed by atoms with van der Waals surface area (Å²) in [6.07, 6.45) is 2.96. The molecule has 6 heavy (non-hydrogen) atoms. The monoisotopic (exact) mass is 85.1 g/mol. The van der Waals surface area contributed by atoms with Crippen molar-refractivity contribution in [1.29, 1.82) is 0 Å². The molecule has 0 atom stereocenters. The summed E-state index contributed by atoms with van der Waals surface area (Å²) in [5.41, 5.74) is 0. The lowest BCUT2D eigenvalue weighted by molar-refractivity contribution is 1.23. The maximum Gasteiger partial charge on any atom is 1.00 e. The van der Waals surface area contributed by atoms with Gasteiger partial charge in [-0.05, 0) is 6.42 Å². The summed E-state index contributed by atoms with van der Waals surface area (Å²) in [6, 6.07) is 0. The lowest BCUT2D eigenvalue weighted by atomic mass is 10.5. The van der Waals surface area contributed by atoms with E-state index in [0.29, 0.717) is 0 Å². The van der Waals surface area contributed by atoms with E-state index < -0.39 is 0 Å². The van der Waals surface area contributed by atoms with Crippen LogP contribution in [0, 0.1) is 0 Å². The molecule has 0 aromatic rings. The molecule has 0 fully saturated rings. The number of hydrogen-bond donors (Lipinski definition) is 0. The Kier molecular flexibility index (Phi) is 37.5. The van der Waals surface area contributed by atoms with Crippen LogP contribution in [0.1, 0.15) is 14.8 Å². The molecule has 0 bridgehead atoms. The van der Waals surface area contributed by atoms with Gasteiger partial charge in [-0.15, -0.1) is 19.7 Å². The first-order valence-corrected chi connectivity index (χ1v) is 2.02. The van der Waals surface area contributed by atoms with E-state index in [-0.39, 0.29) is 1.43 Å². The summed E-state index contributed by atoms with van der Waals surface area (Å²) >= 11 is 0. The topological polar surface area (TPSA) is 0 Å². The second-order valence-electron chi connectivity index (χ2n) is 0.697. The van der Waals surface area contributed by atoms with E-state index in [4.69, 9.17) is 0 Å². The highest BCUT2D eigenvalue weighted by atomic mass is 13.5. The van der Waals surface area contributed by atoms with Gasteiger partial charge in [-0.25, -0.2) is 0 Å². The molecular formula is C6H13+. The highest BCUT2D eigenvalue weighted by Crippen LogP contribution is 1.66. The van der Waals surface area contributed by atoms with Gasteiger partial charge in [0.25, 0.3) is 0 Å². The van der Waals surface area contributed by atoms with E-state index in [0.717, 1.165) is 6.42 Å². The third-order valence-corrected chi connectivity index (χ3v) is 0.289. The maximum absolute atomic E-state index is 3.48. The second kappa shape index (κ2) is 24.8. The van der Waals surface area contributed by atoms with Gasteiger partial charge in [-0.2, -0.15) is 0 Å². The molecule has 0 radical (unpaired) electrons. The minimum atomic E-state index is 0. The highest BCUT2D eigenvalue weighted by molar-refractivity contribution is 4.60. The average Bonchev–Trinajstić information content (AvgIpc) is 1.72. The summed E-state index contributed by atoms with van der Waals surface area (Å²) in [6.45, 7) is 11.5. The summed E-state index contributed by atoms with van der Waals surface area (Å²) in [7, 11) is 0. The van der Waals surface area contributed by atoms with E-state index in [2.05, 4.69) is 26.7 Å². The van der Waals surface area contributed by atoms with Crippen LogP contribution in [-0.2, 0) is 0 Å². The van der Waals surface area contributed by atoms with Gasteiger partial charge in [0, 0.05) is 0 Å². The molecule has 0 rings (SSSR count). The zero-order valence-electron chi connectivity index (χ0n) is 5.41. The van der Waals surface area contributed by atoms with E-state index >= 15 is 0 Å². The fraction of sp³-hybridized carbons (Fsp3) is 0.333. The standard InChI is InChI=1S/C4H8.C2H4/c1-3-4-2;1-2/h3H,1,4H2,2H3;1-2H2/p+1. The van der Waals surface area contributed by atoms with Crippen LogP contribution in [0.25, 0.3) is 0 Å². The summed E-state index contributed by atoms with van der Waals surface area (Å²) < 4.78 is 0. The molecule has 0 nitrogen and oxygen atoms in total. The number of hydrogen-bond acceptors (Lipinski definition) is 0. The Bertz CT molecular complexity index is 25.4. The third-order valence-electron chi connectivity index (χ3n) is 0.289.